The van der Waals surface area contributed by atoms with Gasteiger partial charge < -0.3 is 4.74 Å². The van der Waals surface area contributed by atoms with Gasteiger partial charge in [-0.2, -0.15) is 0 Å². The van der Waals surface area contributed by atoms with E-state index in [0.29, 0.717) is 5.41 Å². The van der Waals surface area contributed by atoms with Crippen molar-refractivity contribution in [2.24, 2.45) is 5.41 Å². The number of carbonyl (C=O) groups excluding carboxylic acids is 1. The van der Waals surface area contributed by atoms with Crippen molar-refractivity contribution in [2.45, 2.75) is 53.1 Å². The number of rotatable bonds is 6. The van der Waals surface area contributed by atoms with Crippen LogP contribution < -0.4 is 0 Å². The monoisotopic (exact) mass is 171 g/mol. The number of ether oxygens (including phenoxy) is 1. The normalized spacial score (nSPS) is 14.0. The Morgan fingerprint density at radius 3 is 2.25 bits per heavy atom. The molecule has 0 amide bonds. The first-order valence-corrected chi connectivity index (χ1v) is 4.60. The largest absolute Gasteiger partial charge is 0.454 e. The molecule has 12 heavy (non-hydrogen) atoms. The van der Waals surface area contributed by atoms with Gasteiger partial charge in [0.05, 0.1) is 0 Å². The molecule has 1 atom stereocenters. The summed E-state index contributed by atoms with van der Waals surface area (Å²) >= 11 is 0. The molecule has 0 heterocycles. The Morgan fingerprint density at radius 1 is 1.42 bits per heavy atom. The fourth-order valence-corrected chi connectivity index (χ4v) is 1.36. The highest BCUT2D eigenvalue weighted by Crippen LogP contribution is 2.31. The minimum Gasteiger partial charge on any atom is -0.454 e. The van der Waals surface area contributed by atoms with E-state index in [9.17, 15) is 4.79 Å². The summed E-state index contributed by atoms with van der Waals surface area (Å²) in [6, 6.07) is 0. The second-order valence-corrected chi connectivity index (χ2v) is 3.73. The zero-order chi connectivity index (χ0) is 9.61. The maximum Gasteiger partial charge on any atom is 0.417 e. The van der Waals surface area contributed by atoms with Crippen molar-refractivity contribution in [3.8, 4) is 0 Å². The number of hydrogen-bond acceptors (Lipinski definition) is 2. The molecule has 2 heteroatoms. The van der Waals surface area contributed by atoms with Crippen LogP contribution in [0, 0.1) is 5.41 Å². The third kappa shape index (κ3) is 3.74. The molecule has 0 aromatic carbocycles. The van der Waals surface area contributed by atoms with Gasteiger partial charge in [0.2, 0.25) is 0 Å². The SMILES string of the molecule is CCC(C)(CC)CC(C)O[C]=O. The molecule has 0 saturated heterocycles. The maximum absolute atomic E-state index is 9.93. The molecular weight excluding hydrogens is 152 g/mol. The first kappa shape index (κ1) is 11.5. The summed E-state index contributed by atoms with van der Waals surface area (Å²) in [6.45, 7) is 9.95. The first-order chi connectivity index (χ1) is 5.58. The van der Waals surface area contributed by atoms with Crippen LogP contribution in [0.2, 0.25) is 0 Å². The van der Waals surface area contributed by atoms with E-state index in [-0.39, 0.29) is 6.10 Å². The van der Waals surface area contributed by atoms with Crippen molar-refractivity contribution in [3.63, 3.8) is 0 Å². The van der Waals surface area contributed by atoms with Crippen LogP contribution in [-0.4, -0.2) is 12.6 Å². The van der Waals surface area contributed by atoms with Crippen molar-refractivity contribution in [2.75, 3.05) is 0 Å². The minimum atomic E-state index is -0.00704. The zero-order valence-corrected chi connectivity index (χ0v) is 8.52. The average Bonchev–Trinajstić information content (AvgIpc) is 2.05. The lowest BCUT2D eigenvalue weighted by Gasteiger charge is -2.28. The third-order valence-electron chi connectivity index (χ3n) is 2.74. The van der Waals surface area contributed by atoms with E-state index in [1.807, 2.05) is 6.92 Å². The molecule has 0 aliphatic heterocycles. The van der Waals surface area contributed by atoms with Gasteiger partial charge >= 0.3 is 6.47 Å². The van der Waals surface area contributed by atoms with Crippen molar-refractivity contribution in [1.82, 2.24) is 0 Å². The maximum atomic E-state index is 9.93. The smallest absolute Gasteiger partial charge is 0.417 e. The summed E-state index contributed by atoms with van der Waals surface area (Å²) in [4.78, 5) is 9.93. The van der Waals surface area contributed by atoms with E-state index < -0.39 is 0 Å². The van der Waals surface area contributed by atoms with Crippen LogP contribution in [-0.2, 0) is 9.53 Å². The van der Waals surface area contributed by atoms with E-state index in [1.54, 1.807) is 0 Å². The molecule has 0 N–H and O–H groups in total. The molecule has 0 bridgehead atoms. The van der Waals surface area contributed by atoms with Crippen LogP contribution in [0.1, 0.15) is 47.0 Å². The topological polar surface area (TPSA) is 26.3 Å². The molecule has 2 nitrogen and oxygen atoms in total. The van der Waals surface area contributed by atoms with Crippen LogP contribution >= 0.6 is 0 Å². The molecule has 1 unspecified atom stereocenters. The summed E-state index contributed by atoms with van der Waals surface area (Å²) in [6.07, 6.45) is 3.16. The zero-order valence-electron chi connectivity index (χ0n) is 8.52. The highest BCUT2D eigenvalue weighted by Gasteiger charge is 2.23. The highest BCUT2D eigenvalue weighted by molar-refractivity contribution is 5.38. The molecule has 0 fully saturated rings. The molecule has 0 aromatic rings. The molecular formula is C10H19O2. The Labute approximate surface area is 75.3 Å². The van der Waals surface area contributed by atoms with Crippen molar-refractivity contribution < 1.29 is 9.53 Å². The van der Waals surface area contributed by atoms with Crippen molar-refractivity contribution >= 4 is 6.47 Å². The van der Waals surface area contributed by atoms with Gasteiger partial charge in [-0.3, -0.25) is 0 Å². The van der Waals surface area contributed by atoms with E-state index >= 15 is 0 Å². The fourth-order valence-electron chi connectivity index (χ4n) is 1.36. The first-order valence-electron chi connectivity index (χ1n) is 4.60. The Balaban J connectivity index is 3.92. The molecule has 1 radical (unpaired) electrons. The summed E-state index contributed by atoms with van der Waals surface area (Å²) in [5.74, 6) is 0. The molecule has 0 saturated carbocycles. The lowest BCUT2D eigenvalue weighted by Crippen LogP contribution is -2.22. The molecule has 0 rings (SSSR count). The van der Waals surface area contributed by atoms with Gasteiger partial charge in [0.15, 0.2) is 0 Å². The second-order valence-electron chi connectivity index (χ2n) is 3.73. The van der Waals surface area contributed by atoms with Gasteiger partial charge in [0.1, 0.15) is 6.10 Å². The lowest BCUT2D eigenvalue weighted by atomic mass is 9.80. The van der Waals surface area contributed by atoms with Crippen LogP contribution in [0.4, 0.5) is 0 Å². The van der Waals surface area contributed by atoms with Gasteiger partial charge in [-0.1, -0.05) is 33.6 Å². The number of hydrogen-bond donors (Lipinski definition) is 0. The van der Waals surface area contributed by atoms with Gasteiger partial charge in [0, 0.05) is 0 Å². The Kier molecular flexibility index (Phi) is 4.95. The van der Waals surface area contributed by atoms with Crippen LogP contribution in [0.25, 0.3) is 0 Å². The van der Waals surface area contributed by atoms with Gasteiger partial charge in [-0.25, -0.2) is 4.79 Å². The van der Waals surface area contributed by atoms with Crippen LogP contribution in [0.3, 0.4) is 0 Å². The molecule has 0 aromatic heterocycles. The standard InChI is InChI=1S/C10H19O2/c1-5-10(4,6-2)7-9(3)12-8-11/h9H,5-7H2,1-4H3. The van der Waals surface area contributed by atoms with Crippen molar-refractivity contribution in [3.05, 3.63) is 0 Å². The molecule has 71 valence electrons. The summed E-state index contributed by atoms with van der Waals surface area (Å²) in [7, 11) is 0. The van der Waals surface area contributed by atoms with Crippen molar-refractivity contribution in [1.29, 1.82) is 0 Å². The van der Waals surface area contributed by atoms with Gasteiger partial charge in [0.25, 0.3) is 0 Å². The Hall–Kier alpha value is -0.530. The molecule has 0 spiro atoms. The summed E-state index contributed by atoms with van der Waals surface area (Å²) in [5, 5.41) is 0. The second kappa shape index (κ2) is 5.18. The van der Waals surface area contributed by atoms with E-state index in [4.69, 9.17) is 4.74 Å². The quantitative estimate of drug-likeness (QED) is 0.614. The van der Waals surface area contributed by atoms with E-state index in [0.717, 1.165) is 19.3 Å². The molecule has 0 aliphatic carbocycles. The Morgan fingerprint density at radius 2 is 1.92 bits per heavy atom. The van der Waals surface area contributed by atoms with Gasteiger partial charge in [-0.05, 0) is 18.8 Å². The predicted octanol–water partition coefficient (Wildman–Crippen LogP) is 2.68. The summed E-state index contributed by atoms with van der Waals surface area (Å²) < 4.78 is 4.74. The highest BCUT2D eigenvalue weighted by atomic mass is 16.5. The summed E-state index contributed by atoms with van der Waals surface area (Å²) in [5.41, 5.74) is 0.302. The minimum absolute atomic E-state index is 0.00704. The average molecular weight is 171 g/mol. The van der Waals surface area contributed by atoms with E-state index in [1.165, 1.54) is 6.47 Å². The lowest BCUT2D eigenvalue weighted by molar-refractivity contribution is 0.119. The Bertz CT molecular complexity index is 128. The van der Waals surface area contributed by atoms with E-state index in [2.05, 4.69) is 20.8 Å². The molecule has 0 aliphatic rings. The van der Waals surface area contributed by atoms with Gasteiger partial charge in [-0.15, -0.1) is 0 Å². The third-order valence-corrected chi connectivity index (χ3v) is 2.74. The fraction of sp³-hybridized carbons (Fsp3) is 0.900. The van der Waals surface area contributed by atoms with Crippen LogP contribution in [0.15, 0.2) is 0 Å². The van der Waals surface area contributed by atoms with Crippen LogP contribution in [0.5, 0.6) is 0 Å². The predicted molar refractivity (Wildman–Crippen MR) is 49.5 cm³/mol.